The molecule has 0 aromatic carbocycles. The summed E-state index contributed by atoms with van der Waals surface area (Å²) in [5.74, 6) is 1.66. The summed E-state index contributed by atoms with van der Waals surface area (Å²) >= 11 is 0. The van der Waals surface area contributed by atoms with Gasteiger partial charge in [-0.1, -0.05) is 5.16 Å². The fraction of sp³-hybridized carbons (Fsp3) is 0.500. The van der Waals surface area contributed by atoms with Gasteiger partial charge in [-0.3, -0.25) is 9.78 Å². The lowest BCUT2D eigenvalue weighted by Gasteiger charge is -2.26. The molecule has 1 amide bonds. The van der Waals surface area contributed by atoms with Crippen LogP contribution in [0, 0.1) is 13.8 Å². The molecule has 8 nitrogen and oxygen atoms in total. The Labute approximate surface area is 127 Å². The minimum absolute atomic E-state index is 0.131. The van der Waals surface area contributed by atoms with Crippen LogP contribution in [0.15, 0.2) is 16.9 Å². The molecule has 3 heterocycles. The molecule has 1 aliphatic heterocycles. The third kappa shape index (κ3) is 2.51. The predicted octanol–water partition coefficient (Wildman–Crippen LogP) is 0.718. The van der Waals surface area contributed by atoms with E-state index in [4.69, 9.17) is 4.52 Å². The van der Waals surface area contributed by atoms with Crippen LogP contribution in [-0.4, -0.2) is 39.1 Å². The van der Waals surface area contributed by atoms with Crippen molar-refractivity contribution in [3.8, 4) is 0 Å². The summed E-state index contributed by atoms with van der Waals surface area (Å²) in [4.78, 5) is 26.7. The van der Waals surface area contributed by atoms with Crippen LogP contribution in [0.25, 0.3) is 0 Å². The van der Waals surface area contributed by atoms with Gasteiger partial charge in [-0.25, -0.2) is 4.98 Å². The lowest BCUT2D eigenvalue weighted by atomic mass is 9.98. The van der Waals surface area contributed by atoms with E-state index < -0.39 is 5.54 Å². The van der Waals surface area contributed by atoms with E-state index in [0.29, 0.717) is 24.7 Å². The molecule has 22 heavy (non-hydrogen) atoms. The van der Waals surface area contributed by atoms with Gasteiger partial charge in [0.25, 0.3) is 5.89 Å². The Morgan fingerprint density at radius 3 is 2.77 bits per heavy atom. The lowest BCUT2D eigenvalue weighted by molar-refractivity contribution is -0.121. The highest BCUT2D eigenvalue weighted by molar-refractivity contribution is 5.74. The molecule has 1 saturated heterocycles. The van der Waals surface area contributed by atoms with Gasteiger partial charge in [0.1, 0.15) is 11.4 Å². The smallest absolute Gasteiger partial charge is 0.254 e. The van der Waals surface area contributed by atoms with E-state index in [0.717, 1.165) is 18.1 Å². The van der Waals surface area contributed by atoms with Crippen LogP contribution in [0.1, 0.15) is 30.8 Å². The number of anilines is 1. The quantitative estimate of drug-likeness (QED) is 0.892. The van der Waals surface area contributed by atoms with Gasteiger partial charge in [0.15, 0.2) is 5.82 Å². The first-order chi connectivity index (χ1) is 10.5. The van der Waals surface area contributed by atoms with Crippen molar-refractivity contribution in [1.29, 1.82) is 0 Å². The second kappa shape index (κ2) is 5.36. The number of carbonyl (C=O) groups is 1. The van der Waals surface area contributed by atoms with Crippen molar-refractivity contribution >= 4 is 11.7 Å². The number of carbonyl (C=O) groups excluding carboxylic acids is 1. The van der Waals surface area contributed by atoms with E-state index in [-0.39, 0.29) is 5.91 Å². The molecule has 116 valence electrons. The fourth-order valence-corrected chi connectivity index (χ4v) is 2.86. The van der Waals surface area contributed by atoms with Gasteiger partial charge in [-0.05, 0) is 20.3 Å². The van der Waals surface area contributed by atoms with Crippen molar-refractivity contribution in [2.75, 3.05) is 18.0 Å². The predicted molar refractivity (Wildman–Crippen MR) is 78.1 cm³/mol. The number of aromatic nitrogens is 4. The normalized spacial score (nSPS) is 21.1. The average molecular weight is 302 g/mol. The lowest BCUT2D eigenvalue weighted by Crippen LogP contribution is -2.47. The van der Waals surface area contributed by atoms with Crippen LogP contribution >= 0.6 is 0 Å². The Kier molecular flexibility index (Phi) is 3.51. The van der Waals surface area contributed by atoms with Gasteiger partial charge in [0.05, 0.1) is 12.2 Å². The van der Waals surface area contributed by atoms with Crippen molar-refractivity contribution in [2.24, 2.45) is 0 Å². The molecule has 1 N–H and O–H groups in total. The summed E-state index contributed by atoms with van der Waals surface area (Å²) in [6, 6.07) is 0. The molecule has 0 spiro atoms. The molecule has 0 saturated carbocycles. The fourth-order valence-electron chi connectivity index (χ4n) is 2.86. The Hall–Kier alpha value is -2.51. The van der Waals surface area contributed by atoms with Crippen molar-refractivity contribution in [1.82, 2.24) is 25.4 Å². The van der Waals surface area contributed by atoms with E-state index in [2.05, 4.69) is 30.3 Å². The molecule has 1 atom stereocenters. The maximum Gasteiger partial charge on any atom is 0.254 e. The summed E-state index contributed by atoms with van der Waals surface area (Å²) in [6.07, 6.45) is 4.00. The second-order valence-corrected chi connectivity index (χ2v) is 5.55. The molecule has 1 unspecified atom stereocenters. The molecule has 8 heteroatoms. The highest BCUT2D eigenvalue weighted by Crippen LogP contribution is 2.33. The molecule has 3 rings (SSSR count). The topological polar surface area (TPSA) is 97.0 Å². The molecule has 0 aliphatic carbocycles. The SMILES string of the molecule is CC(=O)NC1(c2nc(C)no2)CCN(c2nccnc2C)C1. The summed E-state index contributed by atoms with van der Waals surface area (Å²) in [6.45, 7) is 6.40. The Bertz CT molecular complexity index is 700. The maximum absolute atomic E-state index is 11.6. The van der Waals surface area contributed by atoms with Crippen LogP contribution in [0.3, 0.4) is 0 Å². The summed E-state index contributed by atoms with van der Waals surface area (Å²) in [7, 11) is 0. The summed E-state index contributed by atoms with van der Waals surface area (Å²) in [5, 5.41) is 6.82. The van der Waals surface area contributed by atoms with E-state index in [1.165, 1.54) is 6.92 Å². The second-order valence-electron chi connectivity index (χ2n) is 5.55. The van der Waals surface area contributed by atoms with Crippen LogP contribution in [-0.2, 0) is 10.3 Å². The van der Waals surface area contributed by atoms with E-state index in [1.807, 2.05) is 6.92 Å². The standard InChI is InChI=1S/C14H18N6O2/c1-9-12(16-6-5-15-9)20-7-4-14(8-20,18-11(3)21)13-17-10(2)19-22-13/h5-6H,4,7-8H2,1-3H3,(H,18,21). The molecular formula is C14H18N6O2. The highest BCUT2D eigenvalue weighted by atomic mass is 16.5. The molecule has 0 radical (unpaired) electrons. The molecule has 2 aromatic heterocycles. The van der Waals surface area contributed by atoms with E-state index >= 15 is 0 Å². The zero-order valence-corrected chi connectivity index (χ0v) is 12.8. The minimum atomic E-state index is -0.683. The molecule has 1 aliphatic rings. The molecule has 2 aromatic rings. The molecular weight excluding hydrogens is 284 g/mol. The maximum atomic E-state index is 11.6. The number of aryl methyl sites for hydroxylation is 2. The Balaban J connectivity index is 1.93. The van der Waals surface area contributed by atoms with Gasteiger partial charge in [-0.2, -0.15) is 4.98 Å². The third-order valence-corrected chi connectivity index (χ3v) is 3.78. The van der Waals surface area contributed by atoms with Crippen LogP contribution in [0.5, 0.6) is 0 Å². The van der Waals surface area contributed by atoms with Crippen molar-refractivity contribution in [2.45, 2.75) is 32.7 Å². The third-order valence-electron chi connectivity index (χ3n) is 3.78. The zero-order valence-electron chi connectivity index (χ0n) is 12.8. The van der Waals surface area contributed by atoms with Gasteiger partial charge in [-0.15, -0.1) is 0 Å². The summed E-state index contributed by atoms with van der Waals surface area (Å²) < 4.78 is 5.33. The van der Waals surface area contributed by atoms with Crippen LogP contribution in [0.2, 0.25) is 0 Å². The first kappa shape index (κ1) is 14.4. The van der Waals surface area contributed by atoms with E-state index in [9.17, 15) is 4.79 Å². The van der Waals surface area contributed by atoms with Gasteiger partial charge in [0.2, 0.25) is 5.91 Å². The Morgan fingerprint density at radius 2 is 2.14 bits per heavy atom. The number of hydrogen-bond acceptors (Lipinski definition) is 7. The minimum Gasteiger partial charge on any atom is -0.352 e. The van der Waals surface area contributed by atoms with E-state index in [1.54, 1.807) is 19.3 Å². The van der Waals surface area contributed by atoms with Crippen molar-refractivity contribution < 1.29 is 9.32 Å². The molecule has 1 fully saturated rings. The molecule has 0 bridgehead atoms. The number of amides is 1. The van der Waals surface area contributed by atoms with Crippen molar-refractivity contribution in [3.05, 3.63) is 29.8 Å². The summed E-state index contributed by atoms with van der Waals surface area (Å²) in [5.41, 5.74) is 0.166. The van der Waals surface area contributed by atoms with Crippen LogP contribution < -0.4 is 10.2 Å². The largest absolute Gasteiger partial charge is 0.352 e. The van der Waals surface area contributed by atoms with Gasteiger partial charge < -0.3 is 14.7 Å². The zero-order chi connectivity index (χ0) is 15.7. The van der Waals surface area contributed by atoms with Crippen LogP contribution in [0.4, 0.5) is 5.82 Å². The monoisotopic (exact) mass is 302 g/mol. The first-order valence-electron chi connectivity index (χ1n) is 7.12. The van der Waals surface area contributed by atoms with Gasteiger partial charge in [0, 0.05) is 25.9 Å². The number of nitrogens with one attached hydrogen (secondary N) is 1. The van der Waals surface area contributed by atoms with Gasteiger partial charge >= 0.3 is 0 Å². The van der Waals surface area contributed by atoms with Crippen molar-refractivity contribution in [3.63, 3.8) is 0 Å². The number of hydrogen-bond donors (Lipinski definition) is 1. The highest BCUT2D eigenvalue weighted by Gasteiger charge is 2.45. The Morgan fingerprint density at radius 1 is 1.36 bits per heavy atom. The number of rotatable bonds is 3. The first-order valence-corrected chi connectivity index (χ1v) is 7.12. The number of nitrogens with zero attached hydrogens (tertiary/aromatic N) is 5. The average Bonchev–Trinajstić information content (AvgIpc) is 3.06.